The van der Waals surface area contributed by atoms with Crippen LogP contribution in [0, 0.1) is 5.92 Å². The van der Waals surface area contributed by atoms with Crippen LogP contribution in [0.5, 0.6) is 5.75 Å². The average Bonchev–Trinajstić information content (AvgIpc) is 2.93. The van der Waals surface area contributed by atoms with E-state index in [1.807, 2.05) is 29.8 Å². The predicted octanol–water partition coefficient (Wildman–Crippen LogP) is 2.62. The summed E-state index contributed by atoms with van der Waals surface area (Å²) >= 11 is 0. The second kappa shape index (κ2) is 7.78. The Morgan fingerprint density at radius 3 is 2.86 bits per heavy atom. The van der Waals surface area contributed by atoms with Crippen LogP contribution >= 0.6 is 0 Å². The first kappa shape index (κ1) is 15.5. The van der Waals surface area contributed by atoms with Gasteiger partial charge in [-0.15, -0.1) is 0 Å². The first-order valence-corrected chi connectivity index (χ1v) is 7.48. The van der Waals surface area contributed by atoms with Gasteiger partial charge >= 0.3 is 0 Å². The van der Waals surface area contributed by atoms with Crippen molar-refractivity contribution in [3.8, 4) is 5.75 Å². The fraction of sp³-hybridized carbons (Fsp3) is 0.500. The lowest BCUT2D eigenvalue weighted by Crippen LogP contribution is -2.19. The van der Waals surface area contributed by atoms with Crippen LogP contribution in [-0.2, 0) is 19.7 Å². The number of aryl methyl sites for hydroxylation is 1. The molecule has 114 valence electrons. The number of nitrogens with zero attached hydrogens (tertiary/aromatic N) is 3. The van der Waals surface area contributed by atoms with Gasteiger partial charge < -0.3 is 10.1 Å². The van der Waals surface area contributed by atoms with E-state index in [0.717, 1.165) is 31.2 Å². The molecule has 0 fully saturated rings. The molecule has 0 saturated carbocycles. The van der Waals surface area contributed by atoms with Crippen molar-refractivity contribution in [3.63, 3.8) is 0 Å². The summed E-state index contributed by atoms with van der Waals surface area (Å²) in [4.78, 5) is 4.23. The summed E-state index contributed by atoms with van der Waals surface area (Å²) in [6.07, 6.45) is 1.57. The van der Waals surface area contributed by atoms with Crippen LogP contribution in [0.15, 0.2) is 30.6 Å². The molecule has 0 spiro atoms. The Kier molecular flexibility index (Phi) is 5.75. The van der Waals surface area contributed by atoms with Gasteiger partial charge in [0.25, 0.3) is 0 Å². The molecule has 2 rings (SSSR count). The van der Waals surface area contributed by atoms with Gasteiger partial charge in [0.15, 0.2) is 5.82 Å². The predicted molar refractivity (Wildman–Crippen MR) is 83.0 cm³/mol. The third-order valence-corrected chi connectivity index (χ3v) is 3.19. The maximum atomic E-state index is 5.92. The number of hydrogen-bond acceptors (Lipinski definition) is 4. The van der Waals surface area contributed by atoms with E-state index < -0.39 is 0 Å². The number of para-hydroxylation sites is 1. The number of nitrogens with one attached hydrogen (secondary N) is 1. The molecule has 0 saturated heterocycles. The minimum atomic E-state index is 0.440. The van der Waals surface area contributed by atoms with Crippen molar-refractivity contribution in [3.05, 3.63) is 42.0 Å². The highest BCUT2D eigenvalue weighted by Gasteiger charge is 2.07. The summed E-state index contributed by atoms with van der Waals surface area (Å²) in [6.45, 7) is 9.50. The molecule has 0 aliphatic heterocycles. The Balaban J connectivity index is 1.96. The van der Waals surface area contributed by atoms with Crippen molar-refractivity contribution in [2.75, 3.05) is 6.54 Å². The fourth-order valence-corrected chi connectivity index (χ4v) is 2.09. The van der Waals surface area contributed by atoms with Gasteiger partial charge in [-0.25, -0.2) is 9.67 Å². The third kappa shape index (κ3) is 4.56. The van der Waals surface area contributed by atoms with Crippen LogP contribution in [0.25, 0.3) is 0 Å². The van der Waals surface area contributed by atoms with Crippen molar-refractivity contribution >= 4 is 0 Å². The van der Waals surface area contributed by atoms with Crippen LogP contribution < -0.4 is 10.1 Å². The van der Waals surface area contributed by atoms with Crippen molar-refractivity contribution in [2.45, 2.75) is 40.5 Å². The van der Waals surface area contributed by atoms with Crippen LogP contribution in [0.4, 0.5) is 0 Å². The zero-order chi connectivity index (χ0) is 15.1. The highest BCUT2D eigenvalue weighted by Crippen LogP contribution is 2.19. The molecule has 0 radical (unpaired) electrons. The summed E-state index contributed by atoms with van der Waals surface area (Å²) < 4.78 is 7.77. The molecule has 0 aliphatic rings. The van der Waals surface area contributed by atoms with Crippen LogP contribution in [0.2, 0.25) is 0 Å². The van der Waals surface area contributed by atoms with E-state index in [1.165, 1.54) is 5.56 Å². The van der Waals surface area contributed by atoms with E-state index in [9.17, 15) is 0 Å². The van der Waals surface area contributed by atoms with E-state index in [-0.39, 0.29) is 0 Å². The first-order valence-electron chi connectivity index (χ1n) is 7.48. The van der Waals surface area contributed by atoms with Crippen LogP contribution in [0.1, 0.15) is 32.2 Å². The summed E-state index contributed by atoms with van der Waals surface area (Å²) in [5, 5.41) is 7.60. The molecule has 5 nitrogen and oxygen atoms in total. The molecule has 0 unspecified atom stereocenters. The molecule has 1 N–H and O–H groups in total. The van der Waals surface area contributed by atoms with E-state index in [2.05, 4.69) is 35.3 Å². The molecular formula is C16H24N4O. The molecule has 5 heteroatoms. The van der Waals surface area contributed by atoms with E-state index in [1.54, 1.807) is 6.33 Å². The van der Waals surface area contributed by atoms with Crippen molar-refractivity contribution < 1.29 is 4.74 Å². The Morgan fingerprint density at radius 1 is 1.29 bits per heavy atom. The second-order valence-electron chi connectivity index (χ2n) is 5.41. The summed E-state index contributed by atoms with van der Waals surface area (Å²) in [5.41, 5.74) is 1.17. The zero-order valence-corrected chi connectivity index (χ0v) is 13.0. The van der Waals surface area contributed by atoms with Gasteiger partial charge in [-0.05, 0) is 25.5 Å². The van der Waals surface area contributed by atoms with E-state index in [4.69, 9.17) is 4.74 Å². The van der Waals surface area contributed by atoms with Crippen molar-refractivity contribution in [1.82, 2.24) is 20.1 Å². The van der Waals surface area contributed by atoms with Gasteiger partial charge in [0.1, 0.15) is 18.7 Å². The van der Waals surface area contributed by atoms with Gasteiger partial charge in [0, 0.05) is 18.7 Å². The second-order valence-corrected chi connectivity index (χ2v) is 5.41. The van der Waals surface area contributed by atoms with Gasteiger partial charge in [0.05, 0.1) is 0 Å². The molecule has 0 bridgehead atoms. The van der Waals surface area contributed by atoms with E-state index >= 15 is 0 Å². The summed E-state index contributed by atoms with van der Waals surface area (Å²) in [5.74, 6) is 2.39. The van der Waals surface area contributed by atoms with Crippen molar-refractivity contribution in [2.24, 2.45) is 5.92 Å². The van der Waals surface area contributed by atoms with Gasteiger partial charge in [-0.2, -0.15) is 5.10 Å². The quantitative estimate of drug-likeness (QED) is 0.811. The molecule has 21 heavy (non-hydrogen) atoms. The fourth-order valence-electron chi connectivity index (χ4n) is 2.09. The smallest absolute Gasteiger partial charge is 0.164 e. The monoisotopic (exact) mass is 288 g/mol. The van der Waals surface area contributed by atoms with Gasteiger partial charge in [-0.1, -0.05) is 32.0 Å². The number of ether oxygens (including phenoxy) is 1. The number of rotatable bonds is 8. The Hall–Kier alpha value is -1.88. The zero-order valence-electron chi connectivity index (χ0n) is 13.0. The largest absolute Gasteiger partial charge is 0.485 e. The first-order chi connectivity index (χ1) is 10.2. The van der Waals surface area contributed by atoms with Crippen molar-refractivity contribution in [1.29, 1.82) is 0 Å². The number of hydrogen-bond donors (Lipinski definition) is 1. The topological polar surface area (TPSA) is 52.0 Å². The number of aromatic nitrogens is 3. The summed E-state index contributed by atoms with van der Waals surface area (Å²) in [7, 11) is 0. The lowest BCUT2D eigenvalue weighted by atomic mass is 10.2. The van der Waals surface area contributed by atoms with Crippen LogP contribution in [0.3, 0.4) is 0 Å². The lowest BCUT2D eigenvalue weighted by molar-refractivity contribution is 0.283. The summed E-state index contributed by atoms with van der Waals surface area (Å²) in [6, 6.07) is 8.12. The lowest BCUT2D eigenvalue weighted by Gasteiger charge is -2.13. The number of benzene rings is 1. The maximum absolute atomic E-state index is 5.92. The molecule has 1 aromatic carbocycles. The molecule has 1 aromatic heterocycles. The molecule has 0 amide bonds. The standard InChI is InChI=1S/C16H24N4O/c1-4-20-16(18-12-19-20)11-21-15-8-6-5-7-14(15)10-17-9-13(2)3/h5-8,12-13,17H,4,9-11H2,1-3H3. The molecule has 0 aliphatic carbocycles. The minimum Gasteiger partial charge on any atom is -0.485 e. The Morgan fingerprint density at radius 2 is 2.10 bits per heavy atom. The highest BCUT2D eigenvalue weighted by molar-refractivity contribution is 5.33. The SMILES string of the molecule is CCn1ncnc1COc1ccccc1CNCC(C)C. The normalized spacial score (nSPS) is 11.0. The van der Waals surface area contributed by atoms with E-state index in [0.29, 0.717) is 12.5 Å². The molecular weight excluding hydrogens is 264 g/mol. The van der Waals surface area contributed by atoms with Gasteiger partial charge in [0.2, 0.25) is 0 Å². The highest BCUT2D eigenvalue weighted by atomic mass is 16.5. The average molecular weight is 288 g/mol. The minimum absolute atomic E-state index is 0.440. The Bertz CT molecular complexity index is 551. The molecule has 1 heterocycles. The third-order valence-electron chi connectivity index (χ3n) is 3.19. The van der Waals surface area contributed by atoms with Gasteiger partial charge in [-0.3, -0.25) is 0 Å². The molecule has 2 aromatic rings. The maximum Gasteiger partial charge on any atom is 0.164 e. The van der Waals surface area contributed by atoms with Crippen LogP contribution in [-0.4, -0.2) is 21.3 Å². The Labute approximate surface area is 126 Å². The molecule has 0 atom stereocenters.